The van der Waals surface area contributed by atoms with Crippen molar-refractivity contribution in [3.05, 3.63) is 23.2 Å². The number of anilines is 2. The number of hydrogen-bond donors (Lipinski definition) is 3. The molecule has 2 amide bonds. The van der Waals surface area contributed by atoms with Gasteiger partial charge in [-0.05, 0) is 31.0 Å². The van der Waals surface area contributed by atoms with Crippen molar-refractivity contribution in [2.24, 2.45) is 5.73 Å². The minimum absolute atomic E-state index is 0.111. The maximum absolute atomic E-state index is 12.0. The monoisotopic (exact) mass is 297 g/mol. The van der Waals surface area contributed by atoms with E-state index in [0.29, 0.717) is 29.4 Å². The number of nitrogens with one attached hydrogen (secondary N) is 2. The summed E-state index contributed by atoms with van der Waals surface area (Å²) < 4.78 is 5.30. The summed E-state index contributed by atoms with van der Waals surface area (Å²) in [5.74, 6) is -0.546. The van der Waals surface area contributed by atoms with E-state index in [0.717, 1.165) is 6.42 Å². The molecule has 0 aromatic heterocycles. The van der Waals surface area contributed by atoms with Crippen LogP contribution in [0.5, 0.6) is 0 Å². The van der Waals surface area contributed by atoms with Crippen LogP contribution in [0.3, 0.4) is 0 Å². The number of hydrogen-bond acceptors (Lipinski definition) is 4. The van der Waals surface area contributed by atoms with Gasteiger partial charge in [-0.1, -0.05) is 11.6 Å². The highest BCUT2D eigenvalue weighted by Gasteiger charge is 2.24. The number of nitrogens with two attached hydrogens (primary N) is 1. The Morgan fingerprint density at radius 2 is 2.20 bits per heavy atom. The Morgan fingerprint density at radius 3 is 2.85 bits per heavy atom. The molecule has 1 aromatic rings. The van der Waals surface area contributed by atoms with E-state index in [2.05, 4.69) is 10.6 Å². The fourth-order valence-electron chi connectivity index (χ4n) is 1.91. The Labute approximate surface area is 121 Å². The Bertz CT molecular complexity index is 516. The lowest BCUT2D eigenvalue weighted by molar-refractivity contribution is -0.124. The molecule has 0 spiro atoms. The maximum Gasteiger partial charge on any atom is 0.253 e. The normalized spacial score (nSPS) is 17.8. The van der Waals surface area contributed by atoms with Crippen LogP contribution >= 0.6 is 11.6 Å². The molecule has 0 saturated carbocycles. The Kier molecular flexibility index (Phi) is 4.94. The summed E-state index contributed by atoms with van der Waals surface area (Å²) in [5, 5.41) is 5.69. The van der Waals surface area contributed by atoms with Gasteiger partial charge in [0.1, 0.15) is 6.10 Å². The molecule has 7 heteroatoms. The molecule has 1 fully saturated rings. The molecule has 1 unspecified atom stereocenters. The first kappa shape index (κ1) is 14.8. The molecule has 20 heavy (non-hydrogen) atoms. The highest BCUT2D eigenvalue weighted by Crippen LogP contribution is 2.26. The third-order valence-corrected chi connectivity index (χ3v) is 3.25. The van der Waals surface area contributed by atoms with Crippen LogP contribution in [0.1, 0.15) is 12.8 Å². The lowest BCUT2D eigenvalue weighted by atomic mass is 10.2. The van der Waals surface area contributed by atoms with Gasteiger partial charge in [-0.25, -0.2) is 0 Å². The quantitative estimate of drug-likeness (QED) is 0.782. The van der Waals surface area contributed by atoms with Gasteiger partial charge < -0.3 is 21.1 Å². The minimum atomic E-state index is -0.437. The van der Waals surface area contributed by atoms with Crippen LogP contribution in [0.2, 0.25) is 5.02 Å². The van der Waals surface area contributed by atoms with Crippen molar-refractivity contribution >= 4 is 34.8 Å². The van der Waals surface area contributed by atoms with E-state index in [1.165, 1.54) is 0 Å². The van der Waals surface area contributed by atoms with Crippen LogP contribution in [0, 0.1) is 0 Å². The van der Waals surface area contributed by atoms with Crippen LogP contribution in [0.15, 0.2) is 18.2 Å². The van der Waals surface area contributed by atoms with Gasteiger partial charge in [0.25, 0.3) is 5.91 Å². The van der Waals surface area contributed by atoms with Gasteiger partial charge in [-0.15, -0.1) is 0 Å². The van der Waals surface area contributed by atoms with Crippen molar-refractivity contribution in [1.29, 1.82) is 0 Å². The van der Waals surface area contributed by atoms with Crippen molar-refractivity contribution < 1.29 is 14.3 Å². The number of carbonyl (C=O) groups is 2. The average Bonchev–Trinajstić information content (AvgIpc) is 2.96. The van der Waals surface area contributed by atoms with Crippen LogP contribution in [-0.2, 0) is 14.3 Å². The van der Waals surface area contributed by atoms with Gasteiger partial charge in [0.05, 0.1) is 17.3 Å². The molecule has 1 aliphatic rings. The van der Waals surface area contributed by atoms with Crippen LogP contribution in [0.4, 0.5) is 11.4 Å². The molecule has 1 atom stereocenters. The highest BCUT2D eigenvalue weighted by atomic mass is 35.5. The third kappa shape index (κ3) is 3.69. The van der Waals surface area contributed by atoms with Crippen LogP contribution in [-0.4, -0.2) is 31.1 Å². The lowest BCUT2D eigenvalue weighted by Crippen LogP contribution is -2.27. The van der Waals surface area contributed by atoms with Gasteiger partial charge in [0.2, 0.25) is 5.91 Å². The van der Waals surface area contributed by atoms with Gasteiger partial charge >= 0.3 is 0 Å². The second-order valence-electron chi connectivity index (χ2n) is 4.44. The molecule has 1 saturated heterocycles. The van der Waals surface area contributed by atoms with Crippen molar-refractivity contribution in [3.8, 4) is 0 Å². The molecule has 1 heterocycles. The van der Waals surface area contributed by atoms with Crippen molar-refractivity contribution in [2.45, 2.75) is 18.9 Å². The summed E-state index contributed by atoms with van der Waals surface area (Å²) in [4.78, 5) is 23.2. The zero-order chi connectivity index (χ0) is 14.5. The van der Waals surface area contributed by atoms with E-state index in [4.69, 9.17) is 22.1 Å². The maximum atomic E-state index is 12.0. The fraction of sp³-hybridized carbons (Fsp3) is 0.385. The Morgan fingerprint density at radius 1 is 1.40 bits per heavy atom. The van der Waals surface area contributed by atoms with Crippen LogP contribution < -0.4 is 16.4 Å². The largest absolute Gasteiger partial charge is 0.368 e. The minimum Gasteiger partial charge on any atom is -0.368 e. The summed E-state index contributed by atoms with van der Waals surface area (Å²) in [6.07, 6.45) is 1.14. The molecule has 2 rings (SSSR count). The van der Waals surface area contributed by atoms with Gasteiger partial charge in [-0.3, -0.25) is 9.59 Å². The second-order valence-corrected chi connectivity index (χ2v) is 4.85. The van der Waals surface area contributed by atoms with Crippen molar-refractivity contribution in [3.63, 3.8) is 0 Å². The Hall–Kier alpha value is -1.63. The number of halogens is 1. The molecule has 1 aliphatic heterocycles. The predicted molar refractivity (Wildman–Crippen MR) is 76.7 cm³/mol. The van der Waals surface area contributed by atoms with E-state index in [1.807, 2.05) is 0 Å². The van der Waals surface area contributed by atoms with E-state index in [9.17, 15) is 9.59 Å². The molecule has 0 bridgehead atoms. The number of ether oxygens (including phenoxy) is 1. The molecule has 4 N–H and O–H groups in total. The zero-order valence-electron chi connectivity index (χ0n) is 10.8. The molecule has 1 aromatic carbocycles. The summed E-state index contributed by atoms with van der Waals surface area (Å²) in [7, 11) is 0. The third-order valence-electron chi connectivity index (χ3n) is 2.92. The lowest BCUT2D eigenvalue weighted by Gasteiger charge is -2.13. The summed E-state index contributed by atoms with van der Waals surface area (Å²) in [6, 6.07) is 4.82. The second kappa shape index (κ2) is 6.69. The van der Waals surface area contributed by atoms with Crippen molar-refractivity contribution in [2.75, 3.05) is 23.8 Å². The molecular formula is C13H16ClN3O3. The topological polar surface area (TPSA) is 93.5 Å². The number of carbonyl (C=O) groups excluding carboxylic acids is 2. The highest BCUT2D eigenvalue weighted by molar-refractivity contribution is 6.34. The summed E-state index contributed by atoms with van der Waals surface area (Å²) in [5.41, 5.74) is 6.18. The zero-order valence-corrected chi connectivity index (χ0v) is 11.6. The first-order valence-corrected chi connectivity index (χ1v) is 6.70. The van der Waals surface area contributed by atoms with E-state index >= 15 is 0 Å². The SMILES string of the molecule is NCC(=O)Nc1ccc(Cl)c(NC(=O)C2CCCO2)c1. The standard InChI is InChI=1S/C13H16ClN3O3/c14-9-4-3-8(16-12(18)7-15)6-10(9)17-13(19)11-2-1-5-20-11/h3-4,6,11H,1-2,5,7,15H2,(H,16,18)(H,17,19). The predicted octanol–water partition coefficient (Wildman–Crippen LogP) is 1.35. The van der Waals surface area contributed by atoms with E-state index in [-0.39, 0.29) is 18.4 Å². The van der Waals surface area contributed by atoms with Crippen LogP contribution in [0.25, 0.3) is 0 Å². The number of amides is 2. The van der Waals surface area contributed by atoms with E-state index in [1.54, 1.807) is 18.2 Å². The number of rotatable bonds is 4. The molecule has 0 radical (unpaired) electrons. The van der Waals surface area contributed by atoms with Gasteiger partial charge in [0, 0.05) is 12.3 Å². The van der Waals surface area contributed by atoms with Gasteiger partial charge in [-0.2, -0.15) is 0 Å². The summed E-state index contributed by atoms with van der Waals surface area (Å²) in [6.45, 7) is 0.485. The smallest absolute Gasteiger partial charge is 0.253 e. The van der Waals surface area contributed by atoms with Crippen molar-refractivity contribution in [1.82, 2.24) is 0 Å². The number of benzene rings is 1. The molecule has 108 valence electrons. The molecule has 6 nitrogen and oxygen atoms in total. The first-order valence-electron chi connectivity index (χ1n) is 6.32. The summed E-state index contributed by atoms with van der Waals surface area (Å²) >= 11 is 6.02. The molecular weight excluding hydrogens is 282 g/mol. The Balaban J connectivity index is 2.07. The first-order chi connectivity index (χ1) is 9.60. The fourth-order valence-corrected chi connectivity index (χ4v) is 2.07. The van der Waals surface area contributed by atoms with E-state index < -0.39 is 6.10 Å². The molecule has 0 aliphatic carbocycles. The average molecular weight is 298 g/mol. The van der Waals surface area contributed by atoms with Gasteiger partial charge in [0.15, 0.2) is 0 Å².